The Morgan fingerprint density at radius 2 is 2.13 bits per heavy atom. The maximum Gasteiger partial charge on any atom is 0.115 e. The van der Waals surface area contributed by atoms with Gasteiger partial charge in [0.05, 0.1) is 9.90 Å². The number of thiophene rings is 1. The van der Waals surface area contributed by atoms with Gasteiger partial charge in [-0.2, -0.15) is 0 Å². The predicted molar refractivity (Wildman–Crippen MR) is 67.5 cm³/mol. The Bertz CT molecular complexity index is 469. The SMILES string of the molecule is OC(c1cccc(Br)c1)c1sccc1Cl. The van der Waals surface area contributed by atoms with Gasteiger partial charge in [-0.05, 0) is 29.1 Å². The molecule has 1 aromatic heterocycles. The zero-order valence-corrected chi connectivity index (χ0v) is 10.8. The van der Waals surface area contributed by atoms with Crippen LogP contribution in [0.1, 0.15) is 16.5 Å². The smallest absolute Gasteiger partial charge is 0.115 e. The van der Waals surface area contributed by atoms with Crippen LogP contribution in [0.15, 0.2) is 40.2 Å². The molecule has 0 saturated carbocycles. The highest BCUT2D eigenvalue weighted by Crippen LogP contribution is 2.33. The summed E-state index contributed by atoms with van der Waals surface area (Å²) in [6.45, 7) is 0. The average molecular weight is 304 g/mol. The van der Waals surface area contributed by atoms with Gasteiger partial charge >= 0.3 is 0 Å². The highest BCUT2D eigenvalue weighted by Gasteiger charge is 2.15. The number of halogens is 2. The molecule has 0 aliphatic heterocycles. The fourth-order valence-corrected chi connectivity index (χ4v) is 2.92. The molecule has 1 unspecified atom stereocenters. The second kappa shape index (κ2) is 4.66. The van der Waals surface area contributed by atoms with Crippen LogP contribution in [0.25, 0.3) is 0 Å². The number of aliphatic hydroxyl groups excluding tert-OH is 1. The Balaban J connectivity index is 2.36. The van der Waals surface area contributed by atoms with Crippen molar-refractivity contribution in [2.75, 3.05) is 0 Å². The van der Waals surface area contributed by atoms with Crippen LogP contribution < -0.4 is 0 Å². The molecule has 2 aromatic rings. The summed E-state index contributed by atoms with van der Waals surface area (Å²) in [6.07, 6.45) is -0.644. The summed E-state index contributed by atoms with van der Waals surface area (Å²) < 4.78 is 0.951. The standard InChI is InChI=1S/C11H8BrClOS/c12-8-3-1-2-7(6-8)10(14)11-9(13)4-5-15-11/h1-6,10,14H. The summed E-state index contributed by atoms with van der Waals surface area (Å²) in [7, 11) is 0. The Labute approximate surface area is 105 Å². The zero-order chi connectivity index (χ0) is 10.8. The topological polar surface area (TPSA) is 20.2 Å². The first kappa shape index (κ1) is 11.1. The van der Waals surface area contributed by atoms with Crippen LogP contribution in [-0.2, 0) is 0 Å². The summed E-state index contributed by atoms with van der Waals surface area (Å²) in [5, 5.41) is 12.6. The quantitative estimate of drug-likeness (QED) is 0.879. The van der Waals surface area contributed by atoms with Gasteiger partial charge < -0.3 is 5.11 Å². The van der Waals surface area contributed by atoms with E-state index in [0.29, 0.717) is 5.02 Å². The van der Waals surface area contributed by atoms with Crippen LogP contribution in [0.2, 0.25) is 5.02 Å². The van der Waals surface area contributed by atoms with Gasteiger partial charge in [0.1, 0.15) is 6.10 Å². The lowest BCUT2D eigenvalue weighted by Crippen LogP contribution is -1.97. The second-order valence-electron chi connectivity index (χ2n) is 3.09. The molecule has 0 fully saturated rings. The molecule has 1 heterocycles. The molecule has 0 bridgehead atoms. The van der Waals surface area contributed by atoms with E-state index in [0.717, 1.165) is 14.9 Å². The molecule has 4 heteroatoms. The third-order valence-electron chi connectivity index (χ3n) is 2.06. The van der Waals surface area contributed by atoms with Gasteiger partial charge in [0.15, 0.2) is 0 Å². The van der Waals surface area contributed by atoms with Crippen LogP contribution in [0.4, 0.5) is 0 Å². The van der Waals surface area contributed by atoms with E-state index in [9.17, 15) is 5.11 Å². The molecular weight excluding hydrogens is 296 g/mol. The van der Waals surface area contributed by atoms with Crippen molar-refractivity contribution in [3.8, 4) is 0 Å². The van der Waals surface area contributed by atoms with Gasteiger partial charge in [-0.15, -0.1) is 11.3 Å². The molecule has 0 spiro atoms. The number of benzene rings is 1. The van der Waals surface area contributed by atoms with Gasteiger partial charge in [-0.3, -0.25) is 0 Å². The van der Waals surface area contributed by atoms with Gasteiger partial charge in [0.2, 0.25) is 0 Å². The van der Waals surface area contributed by atoms with Crippen LogP contribution in [0.5, 0.6) is 0 Å². The summed E-state index contributed by atoms with van der Waals surface area (Å²) in [6, 6.07) is 9.38. The van der Waals surface area contributed by atoms with E-state index in [2.05, 4.69) is 15.9 Å². The first-order valence-corrected chi connectivity index (χ1v) is 6.40. The molecule has 78 valence electrons. The van der Waals surface area contributed by atoms with E-state index in [-0.39, 0.29) is 0 Å². The highest BCUT2D eigenvalue weighted by molar-refractivity contribution is 9.10. The van der Waals surface area contributed by atoms with Crippen LogP contribution in [-0.4, -0.2) is 5.11 Å². The number of hydrogen-bond acceptors (Lipinski definition) is 2. The van der Waals surface area contributed by atoms with Crippen LogP contribution in [0.3, 0.4) is 0 Å². The summed E-state index contributed by atoms with van der Waals surface area (Å²) >= 11 is 10.8. The molecule has 0 aliphatic rings. The van der Waals surface area contributed by atoms with Gasteiger partial charge in [-0.1, -0.05) is 39.7 Å². The Morgan fingerprint density at radius 1 is 1.33 bits per heavy atom. The van der Waals surface area contributed by atoms with Crippen molar-refractivity contribution in [3.63, 3.8) is 0 Å². The minimum atomic E-state index is -0.644. The van der Waals surface area contributed by atoms with Gasteiger partial charge in [0, 0.05) is 4.47 Å². The maximum absolute atomic E-state index is 10.1. The molecule has 0 radical (unpaired) electrons. The third-order valence-corrected chi connectivity index (χ3v) is 3.96. The normalized spacial score (nSPS) is 12.7. The third kappa shape index (κ3) is 2.42. The second-order valence-corrected chi connectivity index (χ2v) is 5.36. The molecule has 15 heavy (non-hydrogen) atoms. The Morgan fingerprint density at radius 3 is 2.73 bits per heavy atom. The average Bonchev–Trinajstić information content (AvgIpc) is 2.63. The number of aliphatic hydroxyl groups is 1. The number of hydrogen-bond donors (Lipinski definition) is 1. The molecule has 0 amide bonds. The first-order valence-electron chi connectivity index (χ1n) is 4.35. The molecule has 0 saturated heterocycles. The number of rotatable bonds is 2. The molecule has 2 rings (SSSR count). The van der Waals surface area contributed by atoms with E-state index in [4.69, 9.17) is 11.6 Å². The maximum atomic E-state index is 10.1. The van der Waals surface area contributed by atoms with E-state index in [1.807, 2.05) is 29.6 Å². The minimum absolute atomic E-state index is 0.618. The Hall–Kier alpha value is -0.350. The highest BCUT2D eigenvalue weighted by atomic mass is 79.9. The van der Waals surface area contributed by atoms with E-state index >= 15 is 0 Å². The van der Waals surface area contributed by atoms with Crippen molar-refractivity contribution in [1.82, 2.24) is 0 Å². The van der Waals surface area contributed by atoms with Crippen molar-refractivity contribution in [2.45, 2.75) is 6.10 Å². The fraction of sp³-hybridized carbons (Fsp3) is 0.0909. The molecule has 1 atom stereocenters. The molecule has 1 N–H and O–H groups in total. The van der Waals surface area contributed by atoms with E-state index < -0.39 is 6.10 Å². The van der Waals surface area contributed by atoms with Crippen LogP contribution >= 0.6 is 38.9 Å². The van der Waals surface area contributed by atoms with Crippen LogP contribution in [0, 0.1) is 0 Å². The Kier molecular flexibility index (Phi) is 3.46. The van der Waals surface area contributed by atoms with E-state index in [1.165, 1.54) is 11.3 Å². The zero-order valence-electron chi connectivity index (χ0n) is 7.65. The molecule has 1 nitrogen and oxygen atoms in total. The minimum Gasteiger partial charge on any atom is -0.383 e. The molecular formula is C11H8BrClOS. The van der Waals surface area contributed by atoms with Crippen molar-refractivity contribution >= 4 is 38.9 Å². The van der Waals surface area contributed by atoms with Crippen molar-refractivity contribution in [3.05, 3.63) is 55.6 Å². The van der Waals surface area contributed by atoms with E-state index in [1.54, 1.807) is 6.07 Å². The lowest BCUT2D eigenvalue weighted by Gasteiger charge is -2.09. The van der Waals surface area contributed by atoms with Gasteiger partial charge in [-0.25, -0.2) is 0 Å². The van der Waals surface area contributed by atoms with Crippen molar-refractivity contribution in [1.29, 1.82) is 0 Å². The monoisotopic (exact) mass is 302 g/mol. The fourth-order valence-electron chi connectivity index (χ4n) is 1.33. The predicted octanol–water partition coefficient (Wildman–Crippen LogP) is 4.25. The molecule has 1 aromatic carbocycles. The first-order chi connectivity index (χ1) is 7.18. The van der Waals surface area contributed by atoms with Crippen molar-refractivity contribution in [2.24, 2.45) is 0 Å². The van der Waals surface area contributed by atoms with Gasteiger partial charge in [0.25, 0.3) is 0 Å². The lowest BCUT2D eigenvalue weighted by atomic mass is 10.1. The summed E-state index contributed by atoms with van der Waals surface area (Å²) in [4.78, 5) is 0.787. The van der Waals surface area contributed by atoms with Crippen molar-refractivity contribution < 1.29 is 5.11 Å². The molecule has 0 aliphatic carbocycles. The largest absolute Gasteiger partial charge is 0.383 e. The lowest BCUT2D eigenvalue weighted by molar-refractivity contribution is 0.224. The summed E-state index contributed by atoms with van der Waals surface area (Å²) in [5.74, 6) is 0. The summed E-state index contributed by atoms with van der Waals surface area (Å²) in [5.41, 5.74) is 0.841.